The van der Waals surface area contributed by atoms with Gasteiger partial charge in [0.25, 0.3) is 0 Å². The Bertz CT molecular complexity index is 915. The summed E-state index contributed by atoms with van der Waals surface area (Å²) in [4.78, 5) is 5.19. The molecule has 3 aromatic rings. The Morgan fingerprint density at radius 2 is 1.92 bits per heavy atom. The van der Waals surface area contributed by atoms with E-state index >= 15 is 0 Å². The first-order chi connectivity index (χ1) is 12.3. The van der Waals surface area contributed by atoms with Crippen molar-refractivity contribution in [1.82, 2.24) is 9.47 Å². The van der Waals surface area contributed by atoms with E-state index in [4.69, 9.17) is 4.74 Å². The minimum atomic E-state index is 0.405. The first kappa shape index (κ1) is 15.4. The highest BCUT2D eigenvalue weighted by Gasteiger charge is 2.30. The quantitative estimate of drug-likeness (QED) is 0.677. The molecular weight excluding hydrogens is 328 g/mol. The lowest BCUT2D eigenvalue weighted by molar-refractivity contribution is 0.123. The molecule has 0 amide bonds. The fraction of sp³-hybridized carbons (Fsp3) is 0.333. The van der Waals surface area contributed by atoms with Crippen molar-refractivity contribution < 1.29 is 4.74 Å². The average Bonchev–Trinajstić information content (AvgIpc) is 2.89. The van der Waals surface area contributed by atoms with Gasteiger partial charge in [-0.25, -0.2) is 0 Å². The molecule has 0 aliphatic carbocycles. The summed E-state index contributed by atoms with van der Waals surface area (Å²) in [5, 5.41) is 1.32. The minimum absolute atomic E-state index is 0.405. The number of benzene rings is 2. The van der Waals surface area contributed by atoms with Crippen molar-refractivity contribution in [2.45, 2.75) is 29.2 Å². The van der Waals surface area contributed by atoms with Gasteiger partial charge >= 0.3 is 0 Å². The third-order valence-electron chi connectivity index (χ3n) is 5.35. The van der Waals surface area contributed by atoms with Crippen LogP contribution in [0.1, 0.15) is 18.2 Å². The molecule has 5 rings (SSSR count). The molecule has 25 heavy (non-hydrogen) atoms. The summed E-state index contributed by atoms with van der Waals surface area (Å²) in [6.07, 6.45) is 1.33. The second-order valence-electron chi connectivity index (χ2n) is 6.97. The zero-order valence-corrected chi connectivity index (χ0v) is 15.3. The van der Waals surface area contributed by atoms with Crippen LogP contribution in [-0.2, 0) is 0 Å². The van der Waals surface area contributed by atoms with Gasteiger partial charge in [-0.15, -0.1) is 0 Å². The van der Waals surface area contributed by atoms with Gasteiger partial charge in [0, 0.05) is 27.4 Å². The van der Waals surface area contributed by atoms with Crippen LogP contribution in [0.3, 0.4) is 0 Å². The van der Waals surface area contributed by atoms with Crippen LogP contribution in [-0.4, -0.2) is 35.7 Å². The van der Waals surface area contributed by atoms with E-state index in [1.54, 1.807) is 0 Å². The number of hydrogen-bond donors (Lipinski definition) is 0. The van der Waals surface area contributed by atoms with Crippen molar-refractivity contribution in [2.75, 3.05) is 26.2 Å². The molecule has 0 N–H and O–H groups in total. The maximum Gasteiger partial charge on any atom is 0.143 e. The lowest BCUT2D eigenvalue weighted by Gasteiger charge is -2.36. The highest BCUT2D eigenvalue weighted by molar-refractivity contribution is 7.99. The third-order valence-corrected chi connectivity index (χ3v) is 6.58. The minimum Gasteiger partial charge on any atom is -0.489 e. The molecule has 2 aliphatic heterocycles. The first-order valence-corrected chi connectivity index (χ1v) is 9.84. The molecular formula is C21H22N2OS. The summed E-state index contributed by atoms with van der Waals surface area (Å²) in [6, 6.07) is 17.5. The fourth-order valence-corrected chi connectivity index (χ4v) is 5.04. The molecule has 3 heterocycles. The van der Waals surface area contributed by atoms with Gasteiger partial charge < -0.3 is 14.2 Å². The summed E-state index contributed by atoms with van der Waals surface area (Å²) < 4.78 is 8.68. The highest BCUT2D eigenvalue weighted by atomic mass is 32.2. The van der Waals surface area contributed by atoms with Crippen LogP contribution in [0.25, 0.3) is 10.9 Å². The fourth-order valence-electron chi connectivity index (χ4n) is 3.99. The van der Waals surface area contributed by atoms with Crippen molar-refractivity contribution in [3.63, 3.8) is 0 Å². The molecule has 2 aliphatic rings. The smallest absolute Gasteiger partial charge is 0.143 e. The van der Waals surface area contributed by atoms with E-state index in [1.807, 2.05) is 11.8 Å². The van der Waals surface area contributed by atoms with Crippen LogP contribution < -0.4 is 4.74 Å². The van der Waals surface area contributed by atoms with Gasteiger partial charge in [-0.3, -0.25) is 0 Å². The van der Waals surface area contributed by atoms with E-state index in [0.29, 0.717) is 6.04 Å². The van der Waals surface area contributed by atoms with Crippen molar-refractivity contribution in [2.24, 2.45) is 0 Å². The summed E-state index contributed by atoms with van der Waals surface area (Å²) in [6.45, 7) is 6.59. The maximum absolute atomic E-state index is 6.14. The van der Waals surface area contributed by atoms with Crippen molar-refractivity contribution in [3.8, 4) is 5.75 Å². The molecule has 1 fully saturated rings. The van der Waals surface area contributed by atoms with Gasteiger partial charge in [0.15, 0.2) is 0 Å². The van der Waals surface area contributed by atoms with Gasteiger partial charge in [0.1, 0.15) is 12.4 Å². The van der Waals surface area contributed by atoms with Gasteiger partial charge in [0.05, 0.1) is 11.6 Å². The van der Waals surface area contributed by atoms with E-state index < -0.39 is 0 Å². The van der Waals surface area contributed by atoms with Gasteiger partial charge in [-0.05, 0) is 44.6 Å². The zero-order chi connectivity index (χ0) is 16.8. The number of hydrogen-bond acceptors (Lipinski definition) is 3. The predicted molar refractivity (Wildman–Crippen MR) is 103 cm³/mol. The second-order valence-corrected chi connectivity index (χ2v) is 8.05. The largest absolute Gasteiger partial charge is 0.489 e. The Balaban J connectivity index is 1.62. The molecule has 3 nitrogen and oxygen atoms in total. The Morgan fingerprint density at radius 3 is 2.68 bits per heavy atom. The van der Waals surface area contributed by atoms with Crippen LogP contribution in [0.15, 0.2) is 58.3 Å². The molecule has 1 saturated heterocycles. The van der Waals surface area contributed by atoms with Crippen LogP contribution in [0.5, 0.6) is 5.75 Å². The monoisotopic (exact) mass is 350 g/mol. The van der Waals surface area contributed by atoms with E-state index in [9.17, 15) is 0 Å². The van der Waals surface area contributed by atoms with Crippen LogP contribution in [0, 0.1) is 6.92 Å². The Labute approximate surface area is 152 Å². The van der Waals surface area contributed by atoms with Crippen LogP contribution in [0.4, 0.5) is 0 Å². The van der Waals surface area contributed by atoms with Gasteiger partial charge in [0.2, 0.25) is 0 Å². The van der Waals surface area contributed by atoms with E-state index in [0.717, 1.165) is 18.9 Å². The number of rotatable bonds is 4. The summed E-state index contributed by atoms with van der Waals surface area (Å²) in [5.74, 6) is 1.03. The standard InChI is InChI=1S/C21H22N2OS/c1-15-21(25-17-7-3-2-4-8-17)18-9-5-10-19-20(18)23(15)16(14-24-19)13-22-11-6-12-22/h2-5,7-10,16H,6,11-14H2,1H3. The highest BCUT2D eigenvalue weighted by Crippen LogP contribution is 2.44. The Hall–Kier alpha value is -1.91. The normalized spacial score (nSPS) is 19.6. The maximum atomic E-state index is 6.14. The molecule has 4 heteroatoms. The molecule has 0 bridgehead atoms. The van der Waals surface area contributed by atoms with Crippen LogP contribution in [0.2, 0.25) is 0 Å². The van der Waals surface area contributed by atoms with E-state index in [2.05, 4.69) is 64.9 Å². The summed E-state index contributed by atoms with van der Waals surface area (Å²) in [7, 11) is 0. The average molecular weight is 350 g/mol. The topological polar surface area (TPSA) is 17.4 Å². The third kappa shape index (κ3) is 2.55. The van der Waals surface area contributed by atoms with Crippen LogP contribution >= 0.6 is 11.8 Å². The van der Waals surface area contributed by atoms with Gasteiger partial charge in [-0.1, -0.05) is 42.1 Å². The number of aromatic nitrogens is 1. The summed E-state index contributed by atoms with van der Waals surface area (Å²) >= 11 is 1.87. The van der Waals surface area contributed by atoms with Crippen molar-refractivity contribution >= 4 is 22.7 Å². The van der Waals surface area contributed by atoms with Crippen molar-refractivity contribution in [3.05, 3.63) is 54.2 Å². The molecule has 0 radical (unpaired) electrons. The first-order valence-electron chi connectivity index (χ1n) is 9.03. The Kier molecular flexibility index (Phi) is 3.75. The number of nitrogens with zero attached hydrogens (tertiary/aromatic N) is 2. The van der Waals surface area contributed by atoms with Crippen molar-refractivity contribution in [1.29, 1.82) is 0 Å². The number of para-hydroxylation sites is 1. The number of ether oxygens (including phenoxy) is 1. The SMILES string of the molecule is Cc1c(Sc2ccccc2)c2cccc3c2n1C(CN1CCC1)CO3. The molecule has 1 unspecified atom stereocenters. The second kappa shape index (κ2) is 6.11. The van der Waals surface area contributed by atoms with Gasteiger partial charge in [-0.2, -0.15) is 0 Å². The molecule has 0 spiro atoms. The Morgan fingerprint density at radius 1 is 1.08 bits per heavy atom. The van der Waals surface area contributed by atoms with E-state index in [-0.39, 0.29) is 0 Å². The van der Waals surface area contributed by atoms with E-state index in [1.165, 1.54) is 45.9 Å². The molecule has 1 aromatic heterocycles. The zero-order valence-electron chi connectivity index (χ0n) is 14.4. The molecule has 128 valence electrons. The molecule has 2 aromatic carbocycles. The predicted octanol–water partition coefficient (Wildman–Crippen LogP) is 4.74. The number of likely N-dealkylation sites (tertiary alicyclic amines) is 1. The summed E-state index contributed by atoms with van der Waals surface area (Å²) in [5.41, 5.74) is 2.64. The molecule has 0 saturated carbocycles. The lowest BCUT2D eigenvalue weighted by Crippen LogP contribution is -2.43. The lowest BCUT2D eigenvalue weighted by atomic mass is 10.1. The molecule has 1 atom stereocenters.